The van der Waals surface area contributed by atoms with Crippen molar-refractivity contribution in [3.05, 3.63) is 60.4 Å². The van der Waals surface area contributed by atoms with Crippen LogP contribution < -0.4 is 10.6 Å². The molecule has 136 valence electrons. The van der Waals surface area contributed by atoms with Gasteiger partial charge in [0.15, 0.2) is 5.69 Å². The number of carbonyl (C=O) groups excluding carboxylic acids is 1. The predicted octanol–water partition coefficient (Wildman–Crippen LogP) is 4.27. The van der Waals surface area contributed by atoms with Gasteiger partial charge in [0.1, 0.15) is 0 Å². The van der Waals surface area contributed by atoms with E-state index in [0.717, 1.165) is 21.5 Å². The third kappa shape index (κ3) is 4.14. The van der Waals surface area contributed by atoms with Crippen LogP contribution in [0.1, 0.15) is 12.6 Å². The number of nitrogens with zero attached hydrogens (tertiary/aromatic N) is 2. The van der Waals surface area contributed by atoms with Crippen molar-refractivity contribution in [3.8, 4) is 0 Å². The minimum Gasteiger partial charge on any atom is -0.334 e. The lowest BCUT2D eigenvalue weighted by atomic mass is 10.1. The molecule has 5 nitrogen and oxygen atoms in total. The number of amides is 2. The van der Waals surface area contributed by atoms with Crippen LogP contribution in [0.2, 0.25) is 0 Å². The Morgan fingerprint density at radius 3 is 2.62 bits per heavy atom. The first kappa shape index (κ1) is 17.8. The summed E-state index contributed by atoms with van der Waals surface area (Å²) < 4.78 is 38.8. The molecule has 0 aliphatic carbocycles. The summed E-state index contributed by atoms with van der Waals surface area (Å²) in [6, 6.07) is 13.3. The quantitative estimate of drug-likeness (QED) is 0.728. The standard InChI is InChI=1S/C18H17F3N4O/c1-12(11-25-10-9-16(24-25)18(19,20)21)22-17(26)23-15-8-4-6-13-5-2-3-7-14(13)15/h2-10,12H,11H2,1H3,(H2,22,23,26)/t12-/m1/s1. The number of hydrogen-bond donors (Lipinski definition) is 2. The van der Waals surface area contributed by atoms with Gasteiger partial charge in [-0.3, -0.25) is 4.68 Å². The zero-order valence-corrected chi connectivity index (χ0v) is 13.9. The van der Waals surface area contributed by atoms with Crippen molar-refractivity contribution in [2.45, 2.75) is 25.7 Å². The average Bonchev–Trinajstić information content (AvgIpc) is 3.03. The van der Waals surface area contributed by atoms with Gasteiger partial charge in [0, 0.05) is 17.6 Å². The van der Waals surface area contributed by atoms with Gasteiger partial charge in [-0.1, -0.05) is 36.4 Å². The maximum atomic E-state index is 12.6. The zero-order chi connectivity index (χ0) is 18.7. The van der Waals surface area contributed by atoms with Crippen molar-refractivity contribution in [1.82, 2.24) is 15.1 Å². The molecule has 0 radical (unpaired) electrons. The molecule has 3 aromatic rings. The highest BCUT2D eigenvalue weighted by molar-refractivity contribution is 6.01. The van der Waals surface area contributed by atoms with Gasteiger partial charge < -0.3 is 10.6 Å². The van der Waals surface area contributed by atoms with Crippen molar-refractivity contribution >= 4 is 22.5 Å². The van der Waals surface area contributed by atoms with E-state index in [1.165, 1.54) is 6.20 Å². The topological polar surface area (TPSA) is 59.0 Å². The van der Waals surface area contributed by atoms with Crippen LogP contribution >= 0.6 is 0 Å². The fraction of sp³-hybridized carbons (Fsp3) is 0.222. The molecule has 0 saturated carbocycles. The van der Waals surface area contributed by atoms with Crippen LogP contribution in [-0.4, -0.2) is 21.9 Å². The Kier molecular flexibility index (Phi) is 4.83. The monoisotopic (exact) mass is 362 g/mol. The average molecular weight is 362 g/mol. The fourth-order valence-electron chi connectivity index (χ4n) is 2.66. The second-order valence-corrected chi connectivity index (χ2v) is 5.95. The number of halogens is 3. The van der Waals surface area contributed by atoms with Crippen LogP contribution in [-0.2, 0) is 12.7 Å². The van der Waals surface area contributed by atoms with E-state index in [1.807, 2.05) is 36.4 Å². The van der Waals surface area contributed by atoms with Gasteiger partial charge in [-0.2, -0.15) is 18.3 Å². The number of rotatable bonds is 4. The smallest absolute Gasteiger partial charge is 0.334 e. The molecule has 0 unspecified atom stereocenters. The van der Waals surface area contributed by atoms with Crippen LogP contribution in [0.5, 0.6) is 0 Å². The first-order valence-electron chi connectivity index (χ1n) is 7.99. The predicted molar refractivity (Wildman–Crippen MR) is 92.8 cm³/mol. The summed E-state index contributed by atoms with van der Waals surface area (Å²) in [5.41, 5.74) is -0.295. The van der Waals surface area contributed by atoms with Crippen LogP contribution in [0.3, 0.4) is 0 Å². The lowest BCUT2D eigenvalue weighted by molar-refractivity contribution is -0.141. The molecule has 0 aliphatic rings. The Hall–Kier alpha value is -3.03. The van der Waals surface area contributed by atoms with Crippen LogP contribution in [0.4, 0.5) is 23.7 Å². The van der Waals surface area contributed by atoms with E-state index in [9.17, 15) is 18.0 Å². The Bertz CT molecular complexity index is 915. The Balaban J connectivity index is 1.61. The molecule has 1 atom stereocenters. The molecule has 2 N–H and O–H groups in total. The summed E-state index contributed by atoms with van der Waals surface area (Å²) in [4.78, 5) is 12.2. The number of alkyl halides is 3. The van der Waals surface area contributed by atoms with Crippen molar-refractivity contribution in [2.24, 2.45) is 0 Å². The second-order valence-electron chi connectivity index (χ2n) is 5.95. The summed E-state index contributed by atoms with van der Waals surface area (Å²) in [6.45, 7) is 1.82. The van der Waals surface area contributed by atoms with Crippen LogP contribution in [0.25, 0.3) is 10.8 Å². The van der Waals surface area contributed by atoms with E-state index in [4.69, 9.17) is 0 Å². The summed E-state index contributed by atoms with van der Waals surface area (Å²) in [5, 5.41) is 10.8. The number of aromatic nitrogens is 2. The SMILES string of the molecule is C[C@H](Cn1ccc(C(F)(F)F)n1)NC(=O)Nc1cccc2ccccc12. The van der Waals surface area contributed by atoms with Gasteiger partial charge in [0.05, 0.1) is 12.2 Å². The van der Waals surface area contributed by atoms with Crippen molar-refractivity contribution in [3.63, 3.8) is 0 Å². The van der Waals surface area contributed by atoms with Crippen LogP contribution in [0, 0.1) is 0 Å². The molecule has 2 aromatic carbocycles. The fourth-order valence-corrected chi connectivity index (χ4v) is 2.66. The summed E-state index contributed by atoms with van der Waals surface area (Å²) in [5.74, 6) is 0. The van der Waals surface area contributed by atoms with Gasteiger partial charge in [0.25, 0.3) is 0 Å². The second kappa shape index (κ2) is 7.07. The molecule has 0 fully saturated rings. The normalized spacial score (nSPS) is 12.8. The highest BCUT2D eigenvalue weighted by atomic mass is 19.4. The third-order valence-electron chi connectivity index (χ3n) is 3.81. The molecular formula is C18H17F3N4O. The number of nitrogens with one attached hydrogen (secondary N) is 2. The van der Waals surface area contributed by atoms with E-state index in [-0.39, 0.29) is 6.54 Å². The molecule has 0 spiro atoms. The molecule has 1 heterocycles. The van der Waals surface area contributed by atoms with Gasteiger partial charge in [-0.15, -0.1) is 0 Å². The number of urea groups is 1. The molecule has 3 rings (SSSR count). The maximum absolute atomic E-state index is 12.6. The molecule has 0 aliphatic heterocycles. The van der Waals surface area contributed by atoms with Crippen molar-refractivity contribution in [2.75, 3.05) is 5.32 Å². The van der Waals surface area contributed by atoms with E-state index in [1.54, 1.807) is 13.0 Å². The van der Waals surface area contributed by atoms with Gasteiger partial charge >= 0.3 is 12.2 Å². The molecule has 26 heavy (non-hydrogen) atoms. The molecule has 8 heteroatoms. The summed E-state index contributed by atoms with van der Waals surface area (Å²) in [6.07, 6.45) is -3.24. The maximum Gasteiger partial charge on any atom is 0.435 e. The molecule has 1 aromatic heterocycles. The first-order chi connectivity index (χ1) is 12.3. The van der Waals surface area contributed by atoms with E-state index < -0.39 is 23.9 Å². The Morgan fingerprint density at radius 1 is 1.15 bits per heavy atom. The highest BCUT2D eigenvalue weighted by Gasteiger charge is 2.33. The Labute approximate surface area is 147 Å². The minimum atomic E-state index is -4.48. The summed E-state index contributed by atoms with van der Waals surface area (Å²) >= 11 is 0. The van der Waals surface area contributed by atoms with Crippen molar-refractivity contribution < 1.29 is 18.0 Å². The number of fused-ring (bicyclic) bond motifs is 1. The number of hydrogen-bond acceptors (Lipinski definition) is 2. The van der Waals surface area contributed by atoms with Crippen LogP contribution in [0.15, 0.2) is 54.7 Å². The molecule has 0 bridgehead atoms. The Morgan fingerprint density at radius 2 is 1.88 bits per heavy atom. The molecule has 0 saturated heterocycles. The number of benzene rings is 2. The minimum absolute atomic E-state index is 0.124. The largest absolute Gasteiger partial charge is 0.435 e. The van der Waals surface area contributed by atoms with Gasteiger partial charge in [-0.05, 0) is 24.4 Å². The highest BCUT2D eigenvalue weighted by Crippen LogP contribution is 2.27. The first-order valence-corrected chi connectivity index (χ1v) is 7.99. The van der Waals surface area contributed by atoms with Gasteiger partial charge in [-0.25, -0.2) is 4.79 Å². The van der Waals surface area contributed by atoms with E-state index >= 15 is 0 Å². The zero-order valence-electron chi connectivity index (χ0n) is 13.9. The number of anilines is 1. The van der Waals surface area contributed by atoms with E-state index in [0.29, 0.717) is 5.69 Å². The third-order valence-corrected chi connectivity index (χ3v) is 3.81. The van der Waals surface area contributed by atoms with E-state index in [2.05, 4.69) is 15.7 Å². The lowest BCUT2D eigenvalue weighted by Crippen LogP contribution is -2.38. The molecular weight excluding hydrogens is 345 g/mol. The summed E-state index contributed by atoms with van der Waals surface area (Å²) in [7, 11) is 0. The van der Waals surface area contributed by atoms with Crippen molar-refractivity contribution in [1.29, 1.82) is 0 Å². The number of carbonyl (C=O) groups is 1. The molecule has 2 amide bonds. The lowest BCUT2D eigenvalue weighted by Gasteiger charge is -2.15. The van der Waals surface area contributed by atoms with Gasteiger partial charge in [0.2, 0.25) is 0 Å².